The van der Waals surface area contributed by atoms with Gasteiger partial charge in [-0.3, -0.25) is 4.79 Å². The van der Waals surface area contributed by atoms with Crippen LogP contribution in [0.15, 0.2) is 42.6 Å². The summed E-state index contributed by atoms with van der Waals surface area (Å²) in [5, 5.41) is 6.71. The Balaban J connectivity index is 1.64. The SMILES string of the molecule is O=C(Nc1ccc(NC2CC2)nc1)c1ccc(Cl)cc1. The summed E-state index contributed by atoms with van der Waals surface area (Å²) in [6, 6.07) is 11.0. The molecule has 0 saturated heterocycles. The molecule has 102 valence electrons. The zero-order valence-corrected chi connectivity index (χ0v) is 11.5. The summed E-state index contributed by atoms with van der Waals surface area (Å²) in [4.78, 5) is 16.3. The molecule has 1 saturated carbocycles. The lowest BCUT2D eigenvalue weighted by molar-refractivity contribution is 0.102. The van der Waals surface area contributed by atoms with Gasteiger partial charge in [0, 0.05) is 16.6 Å². The first kappa shape index (κ1) is 12.9. The minimum Gasteiger partial charge on any atom is -0.367 e. The topological polar surface area (TPSA) is 54.0 Å². The molecular formula is C15H14ClN3O. The van der Waals surface area contributed by atoms with E-state index in [2.05, 4.69) is 15.6 Å². The van der Waals surface area contributed by atoms with Crippen molar-refractivity contribution in [2.75, 3.05) is 10.6 Å². The summed E-state index contributed by atoms with van der Waals surface area (Å²) in [6.07, 6.45) is 4.06. The monoisotopic (exact) mass is 287 g/mol. The summed E-state index contributed by atoms with van der Waals surface area (Å²) in [6.45, 7) is 0. The van der Waals surface area contributed by atoms with E-state index in [-0.39, 0.29) is 5.91 Å². The highest BCUT2D eigenvalue weighted by Gasteiger charge is 2.21. The van der Waals surface area contributed by atoms with Crippen LogP contribution in [0.4, 0.5) is 11.5 Å². The van der Waals surface area contributed by atoms with Crippen LogP contribution in [0.2, 0.25) is 5.02 Å². The van der Waals surface area contributed by atoms with E-state index < -0.39 is 0 Å². The van der Waals surface area contributed by atoms with Crippen molar-refractivity contribution in [1.29, 1.82) is 0 Å². The van der Waals surface area contributed by atoms with Crippen molar-refractivity contribution in [1.82, 2.24) is 4.98 Å². The summed E-state index contributed by atoms with van der Waals surface area (Å²) in [5.41, 5.74) is 1.24. The van der Waals surface area contributed by atoms with Crippen molar-refractivity contribution in [2.24, 2.45) is 0 Å². The molecule has 1 aromatic carbocycles. The highest BCUT2D eigenvalue weighted by atomic mass is 35.5. The van der Waals surface area contributed by atoms with Crippen molar-refractivity contribution in [3.05, 3.63) is 53.2 Å². The van der Waals surface area contributed by atoms with Crippen LogP contribution in [0, 0.1) is 0 Å². The Morgan fingerprint density at radius 2 is 1.90 bits per heavy atom. The van der Waals surface area contributed by atoms with Gasteiger partial charge in [-0.2, -0.15) is 0 Å². The second-order valence-electron chi connectivity index (χ2n) is 4.81. The van der Waals surface area contributed by atoms with E-state index in [1.807, 2.05) is 12.1 Å². The van der Waals surface area contributed by atoms with Gasteiger partial charge in [0.05, 0.1) is 11.9 Å². The fraction of sp³-hybridized carbons (Fsp3) is 0.200. The fourth-order valence-corrected chi connectivity index (χ4v) is 1.92. The summed E-state index contributed by atoms with van der Waals surface area (Å²) in [7, 11) is 0. The molecule has 3 rings (SSSR count). The van der Waals surface area contributed by atoms with Crippen molar-refractivity contribution < 1.29 is 4.79 Å². The molecule has 4 nitrogen and oxygen atoms in total. The Bertz CT molecular complexity index is 606. The molecule has 1 heterocycles. The predicted octanol–water partition coefficient (Wildman–Crippen LogP) is 3.56. The molecule has 20 heavy (non-hydrogen) atoms. The van der Waals surface area contributed by atoms with Gasteiger partial charge in [-0.25, -0.2) is 4.98 Å². The van der Waals surface area contributed by atoms with Crippen LogP contribution < -0.4 is 10.6 Å². The lowest BCUT2D eigenvalue weighted by Gasteiger charge is -2.07. The zero-order chi connectivity index (χ0) is 13.9. The molecule has 1 amide bonds. The average Bonchev–Trinajstić information content (AvgIpc) is 3.26. The minimum atomic E-state index is -0.175. The van der Waals surface area contributed by atoms with E-state index in [1.165, 1.54) is 12.8 Å². The zero-order valence-electron chi connectivity index (χ0n) is 10.8. The van der Waals surface area contributed by atoms with Gasteiger partial charge in [-0.15, -0.1) is 0 Å². The maximum absolute atomic E-state index is 12.0. The highest BCUT2D eigenvalue weighted by molar-refractivity contribution is 6.30. The first-order chi connectivity index (χ1) is 9.70. The summed E-state index contributed by atoms with van der Waals surface area (Å²) >= 11 is 5.79. The Kier molecular flexibility index (Phi) is 3.56. The van der Waals surface area contributed by atoms with Crippen LogP contribution in [-0.4, -0.2) is 16.9 Å². The maximum Gasteiger partial charge on any atom is 0.255 e. The minimum absolute atomic E-state index is 0.175. The second kappa shape index (κ2) is 5.51. The van der Waals surface area contributed by atoms with Crippen LogP contribution in [0.3, 0.4) is 0 Å². The molecule has 5 heteroatoms. The Labute approximate surface area is 122 Å². The van der Waals surface area contributed by atoms with Gasteiger partial charge in [-0.1, -0.05) is 11.6 Å². The molecule has 2 N–H and O–H groups in total. The van der Waals surface area contributed by atoms with Crippen molar-refractivity contribution in [3.8, 4) is 0 Å². The number of hydrogen-bond acceptors (Lipinski definition) is 3. The number of rotatable bonds is 4. The number of anilines is 2. The molecule has 1 aliphatic carbocycles. The largest absolute Gasteiger partial charge is 0.367 e. The molecule has 1 aromatic heterocycles. The predicted molar refractivity (Wildman–Crippen MR) is 80.3 cm³/mol. The Morgan fingerprint density at radius 1 is 1.15 bits per heavy atom. The van der Waals surface area contributed by atoms with Gasteiger partial charge in [0.25, 0.3) is 5.91 Å². The number of carbonyl (C=O) groups is 1. The van der Waals surface area contributed by atoms with Crippen LogP contribution in [0.1, 0.15) is 23.2 Å². The van der Waals surface area contributed by atoms with Gasteiger partial charge in [-0.05, 0) is 49.2 Å². The molecule has 0 unspecified atom stereocenters. The Morgan fingerprint density at radius 3 is 2.50 bits per heavy atom. The van der Waals surface area contributed by atoms with E-state index in [0.29, 0.717) is 22.3 Å². The number of aromatic nitrogens is 1. The van der Waals surface area contributed by atoms with Crippen molar-refractivity contribution in [3.63, 3.8) is 0 Å². The maximum atomic E-state index is 12.0. The number of nitrogens with zero attached hydrogens (tertiary/aromatic N) is 1. The molecule has 0 atom stereocenters. The van der Waals surface area contributed by atoms with Gasteiger partial charge in [0.15, 0.2) is 0 Å². The molecule has 1 fully saturated rings. The number of nitrogens with one attached hydrogen (secondary N) is 2. The van der Waals surface area contributed by atoms with Crippen LogP contribution in [-0.2, 0) is 0 Å². The van der Waals surface area contributed by atoms with Crippen molar-refractivity contribution in [2.45, 2.75) is 18.9 Å². The van der Waals surface area contributed by atoms with Gasteiger partial charge >= 0.3 is 0 Å². The third-order valence-corrected chi connectivity index (χ3v) is 3.31. The quantitative estimate of drug-likeness (QED) is 0.904. The lowest BCUT2D eigenvalue weighted by Crippen LogP contribution is -2.12. The van der Waals surface area contributed by atoms with Crippen LogP contribution >= 0.6 is 11.6 Å². The second-order valence-corrected chi connectivity index (χ2v) is 5.25. The summed E-state index contributed by atoms with van der Waals surface area (Å²) < 4.78 is 0. The van der Waals surface area contributed by atoms with Gasteiger partial charge in [0.2, 0.25) is 0 Å². The van der Waals surface area contributed by atoms with E-state index in [4.69, 9.17) is 11.6 Å². The number of carbonyl (C=O) groups excluding carboxylic acids is 1. The molecular weight excluding hydrogens is 274 g/mol. The number of pyridine rings is 1. The van der Waals surface area contributed by atoms with Crippen LogP contribution in [0.25, 0.3) is 0 Å². The molecule has 1 aliphatic rings. The first-order valence-electron chi connectivity index (χ1n) is 6.50. The highest BCUT2D eigenvalue weighted by Crippen LogP contribution is 2.24. The third kappa shape index (κ3) is 3.27. The van der Waals surface area contributed by atoms with E-state index in [1.54, 1.807) is 30.5 Å². The lowest BCUT2D eigenvalue weighted by atomic mass is 10.2. The van der Waals surface area contributed by atoms with E-state index in [0.717, 1.165) is 5.82 Å². The number of hydrogen-bond donors (Lipinski definition) is 2. The summed E-state index contributed by atoms with van der Waals surface area (Å²) in [5.74, 6) is 0.670. The number of amides is 1. The smallest absolute Gasteiger partial charge is 0.255 e. The van der Waals surface area contributed by atoms with Crippen LogP contribution in [0.5, 0.6) is 0 Å². The molecule has 2 aromatic rings. The normalized spacial score (nSPS) is 13.8. The molecule has 0 bridgehead atoms. The van der Waals surface area contributed by atoms with E-state index in [9.17, 15) is 4.79 Å². The Hall–Kier alpha value is -2.07. The fourth-order valence-electron chi connectivity index (χ4n) is 1.79. The number of halogens is 1. The number of benzene rings is 1. The van der Waals surface area contributed by atoms with Gasteiger partial charge in [0.1, 0.15) is 5.82 Å². The molecule has 0 radical (unpaired) electrons. The van der Waals surface area contributed by atoms with Gasteiger partial charge < -0.3 is 10.6 Å². The first-order valence-corrected chi connectivity index (χ1v) is 6.88. The average molecular weight is 288 g/mol. The molecule has 0 aliphatic heterocycles. The molecule has 0 spiro atoms. The standard InChI is InChI=1S/C15H14ClN3O/c16-11-3-1-10(2-4-11)15(20)19-13-7-8-14(17-9-13)18-12-5-6-12/h1-4,7-9,12H,5-6H2,(H,17,18)(H,19,20). The third-order valence-electron chi connectivity index (χ3n) is 3.06. The van der Waals surface area contributed by atoms with E-state index >= 15 is 0 Å². The van der Waals surface area contributed by atoms with Crippen molar-refractivity contribution >= 4 is 29.0 Å².